The minimum Gasteiger partial charge on any atom is -0.352 e. The van der Waals surface area contributed by atoms with E-state index in [9.17, 15) is 18.0 Å². The van der Waals surface area contributed by atoms with Crippen LogP contribution in [0.4, 0.5) is 5.69 Å². The maximum absolute atomic E-state index is 13.9. The Kier molecular flexibility index (Phi) is 9.57. The third-order valence-corrected chi connectivity index (χ3v) is 8.33. The van der Waals surface area contributed by atoms with Gasteiger partial charge in [-0.2, -0.15) is 0 Å². The molecule has 3 rings (SSSR count). The normalized spacial score (nSPS) is 12.2. The van der Waals surface area contributed by atoms with Gasteiger partial charge >= 0.3 is 0 Å². The maximum Gasteiger partial charge on any atom is 0.264 e. The van der Waals surface area contributed by atoms with E-state index in [4.69, 9.17) is 11.6 Å². The number of halogens is 1. The lowest BCUT2D eigenvalue weighted by Crippen LogP contribution is -2.52. The van der Waals surface area contributed by atoms with Crippen LogP contribution < -0.4 is 9.62 Å². The number of nitrogens with zero attached hydrogens (tertiary/aromatic N) is 2. The summed E-state index contributed by atoms with van der Waals surface area (Å²) in [6.07, 6.45) is 0. The zero-order valence-corrected chi connectivity index (χ0v) is 23.9. The molecule has 0 bridgehead atoms. The first kappa shape index (κ1) is 29.2. The molecule has 0 aromatic heterocycles. The summed E-state index contributed by atoms with van der Waals surface area (Å²) in [5.74, 6) is -0.839. The zero-order chi connectivity index (χ0) is 28.0. The minimum absolute atomic E-state index is 0.0445. The van der Waals surface area contributed by atoms with Crippen LogP contribution in [0.5, 0.6) is 0 Å². The Hall–Kier alpha value is -3.36. The molecule has 0 spiro atoms. The van der Waals surface area contributed by atoms with Crippen LogP contribution in [0.2, 0.25) is 5.02 Å². The monoisotopic (exact) mass is 555 g/mol. The van der Waals surface area contributed by atoms with E-state index in [-0.39, 0.29) is 23.4 Å². The van der Waals surface area contributed by atoms with Crippen LogP contribution in [0.1, 0.15) is 37.5 Å². The molecule has 0 aliphatic heterocycles. The first-order chi connectivity index (χ1) is 17.9. The number of hydrogen-bond donors (Lipinski definition) is 1. The minimum atomic E-state index is -4.14. The fourth-order valence-corrected chi connectivity index (χ4v) is 5.76. The Morgan fingerprint density at radius 2 is 1.58 bits per heavy atom. The Bertz CT molecular complexity index is 1390. The van der Waals surface area contributed by atoms with Gasteiger partial charge in [0, 0.05) is 17.6 Å². The molecule has 0 heterocycles. The van der Waals surface area contributed by atoms with Gasteiger partial charge in [-0.05, 0) is 70.0 Å². The molecule has 0 saturated heterocycles. The lowest BCUT2D eigenvalue weighted by molar-refractivity contribution is -0.139. The van der Waals surface area contributed by atoms with Crippen molar-refractivity contribution in [3.05, 3.63) is 94.5 Å². The molecule has 0 saturated carbocycles. The molecule has 1 N–H and O–H groups in total. The van der Waals surface area contributed by atoms with Crippen LogP contribution in [-0.4, -0.2) is 43.8 Å². The first-order valence-electron chi connectivity index (χ1n) is 12.4. The Labute approximate surface area is 230 Å². The van der Waals surface area contributed by atoms with Gasteiger partial charge in [0.1, 0.15) is 12.6 Å². The van der Waals surface area contributed by atoms with Gasteiger partial charge in [0.15, 0.2) is 0 Å². The summed E-state index contributed by atoms with van der Waals surface area (Å²) in [5.41, 5.74) is 2.66. The highest BCUT2D eigenvalue weighted by Crippen LogP contribution is 2.31. The SMILES string of the molecule is Cc1cccc(CN(C(=O)CN(c2cccc(Cl)c2C)S(=O)(=O)c2ccccc2)[C@@H](C)C(=O)NC(C)C)c1. The maximum atomic E-state index is 13.9. The molecule has 7 nitrogen and oxygen atoms in total. The van der Waals surface area contributed by atoms with E-state index in [1.54, 1.807) is 50.2 Å². The van der Waals surface area contributed by atoms with Gasteiger partial charge < -0.3 is 10.2 Å². The number of rotatable bonds is 10. The fraction of sp³-hybridized carbons (Fsp3) is 0.310. The number of hydrogen-bond acceptors (Lipinski definition) is 4. The van der Waals surface area contributed by atoms with Gasteiger partial charge in [0.25, 0.3) is 10.0 Å². The smallest absolute Gasteiger partial charge is 0.264 e. The number of benzene rings is 3. The van der Waals surface area contributed by atoms with E-state index in [2.05, 4.69) is 5.32 Å². The van der Waals surface area contributed by atoms with Gasteiger partial charge in [0.05, 0.1) is 10.6 Å². The lowest BCUT2D eigenvalue weighted by atomic mass is 10.1. The third kappa shape index (κ3) is 6.94. The first-order valence-corrected chi connectivity index (χ1v) is 14.2. The van der Waals surface area contributed by atoms with Crippen molar-refractivity contribution >= 4 is 39.1 Å². The standard InChI is InChI=1S/C29H34ClN3O4S/c1-20(2)31-29(35)23(5)32(18-24-12-9-11-21(3)17-24)28(34)19-33(27-16-10-15-26(30)22(27)4)38(36,37)25-13-7-6-8-14-25/h6-17,20,23H,18-19H2,1-5H3,(H,31,35)/t23-/m0/s1. The summed E-state index contributed by atoms with van der Waals surface area (Å²) >= 11 is 6.35. The number of amides is 2. The van der Waals surface area contributed by atoms with Crippen LogP contribution in [0.3, 0.4) is 0 Å². The van der Waals surface area contributed by atoms with E-state index in [0.29, 0.717) is 16.3 Å². The Balaban J connectivity index is 2.07. The quantitative estimate of drug-likeness (QED) is 0.377. The number of sulfonamides is 1. The van der Waals surface area contributed by atoms with Crippen LogP contribution in [0, 0.1) is 13.8 Å². The van der Waals surface area contributed by atoms with Crippen molar-refractivity contribution in [2.45, 2.75) is 58.1 Å². The highest BCUT2D eigenvalue weighted by Gasteiger charge is 2.33. The predicted molar refractivity (Wildman–Crippen MR) is 152 cm³/mol. The van der Waals surface area contributed by atoms with E-state index < -0.39 is 28.5 Å². The Morgan fingerprint density at radius 3 is 2.21 bits per heavy atom. The molecule has 0 unspecified atom stereocenters. The van der Waals surface area contributed by atoms with Crippen LogP contribution in [-0.2, 0) is 26.2 Å². The van der Waals surface area contributed by atoms with Gasteiger partial charge in [-0.3, -0.25) is 13.9 Å². The summed E-state index contributed by atoms with van der Waals surface area (Å²) in [4.78, 5) is 28.4. The molecular weight excluding hydrogens is 522 g/mol. The van der Waals surface area contributed by atoms with E-state index in [0.717, 1.165) is 15.4 Å². The van der Waals surface area contributed by atoms with Gasteiger partial charge in [-0.25, -0.2) is 8.42 Å². The molecule has 1 atom stereocenters. The number of anilines is 1. The second kappa shape index (κ2) is 12.5. The molecule has 0 radical (unpaired) electrons. The average Bonchev–Trinajstić information content (AvgIpc) is 2.87. The molecule has 0 fully saturated rings. The van der Waals surface area contributed by atoms with E-state index >= 15 is 0 Å². The molecule has 0 aliphatic carbocycles. The zero-order valence-electron chi connectivity index (χ0n) is 22.3. The summed E-state index contributed by atoms with van der Waals surface area (Å²) in [7, 11) is -4.14. The number of aryl methyl sites for hydroxylation is 1. The highest BCUT2D eigenvalue weighted by atomic mass is 35.5. The molecule has 202 valence electrons. The van der Waals surface area contributed by atoms with Gasteiger partial charge in [0.2, 0.25) is 11.8 Å². The summed E-state index contributed by atoms with van der Waals surface area (Å²) in [6.45, 7) is 8.61. The van der Waals surface area contributed by atoms with Crippen LogP contribution >= 0.6 is 11.6 Å². The summed E-state index contributed by atoms with van der Waals surface area (Å²) < 4.78 is 28.8. The summed E-state index contributed by atoms with van der Waals surface area (Å²) in [5, 5.41) is 3.23. The fourth-order valence-electron chi connectivity index (χ4n) is 4.09. The molecular formula is C29H34ClN3O4S. The average molecular weight is 556 g/mol. The molecule has 3 aromatic carbocycles. The van der Waals surface area contributed by atoms with E-state index in [1.165, 1.54) is 17.0 Å². The summed E-state index contributed by atoms with van der Waals surface area (Å²) in [6, 6.07) is 19.5. The van der Waals surface area contributed by atoms with Crippen LogP contribution in [0.15, 0.2) is 77.7 Å². The number of carbonyl (C=O) groups excluding carboxylic acids is 2. The van der Waals surface area contributed by atoms with Crippen molar-refractivity contribution in [3.8, 4) is 0 Å². The molecule has 0 aliphatic rings. The number of nitrogens with one attached hydrogen (secondary N) is 1. The molecule has 38 heavy (non-hydrogen) atoms. The van der Waals surface area contributed by atoms with Crippen molar-refractivity contribution in [1.29, 1.82) is 0 Å². The van der Waals surface area contributed by atoms with Crippen molar-refractivity contribution in [3.63, 3.8) is 0 Å². The van der Waals surface area contributed by atoms with Crippen molar-refractivity contribution in [2.24, 2.45) is 0 Å². The van der Waals surface area contributed by atoms with Crippen molar-refractivity contribution in [2.75, 3.05) is 10.8 Å². The largest absolute Gasteiger partial charge is 0.352 e. The van der Waals surface area contributed by atoms with Crippen molar-refractivity contribution < 1.29 is 18.0 Å². The van der Waals surface area contributed by atoms with E-state index in [1.807, 2.05) is 45.0 Å². The van der Waals surface area contributed by atoms with Crippen molar-refractivity contribution in [1.82, 2.24) is 10.2 Å². The predicted octanol–water partition coefficient (Wildman–Crippen LogP) is 5.09. The third-order valence-electron chi connectivity index (χ3n) is 6.15. The second-order valence-electron chi connectivity index (χ2n) is 9.56. The number of carbonyl (C=O) groups is 2. The molecule has 3 aromatic rings. The van der Waals surface area contributed by atoms with Crippen LogP contribution in [0.25, 0.3) is 0 Å². The molecule has 2 amide bonds. The second-order valence-corrected chi connectivity index (χ2v) is 11.8. The molecule has 9 heteroatoms. The van der Waals surface area contributed by atoms with Gasteiger partial charge in [-0.15, -0.1) is 0 Å². The lowest BCUT2D eigenvalue weighted by Gasteiger charge is -2.33. The van der Waals surface area contributed by atoms with Gasteiger partial charge in [-0.1, -0.05) is 65.7 Å². The Morgan fingerprint density at radius 1 is 0.921 bits per heavy atom. The topological polar surface area (TPSA) is 86.8 Å². The highest BCUT2D eigenvalue weighted by molar-refractivity contribution is 7.92.